The van der Waals surface area contributed by atoms with Crippen LogP contribution in [0.25, 0.3) is 0 Å². The molecule has 1 rings (SSSR count). The summed E-state index contributed by atoms with van der Waals surface area (Å²) in [5, 5.41) is 3.20. The van der Waals surface area contributed by atoms with E-state index in [1.165, 1.54) is 37.8 Å². The number of methoxy groups -OCH3 is 1. The molecule has 0 saturated heterocycles. The Labute approximate surface area is 124 Å². The molecule has 0 radical (unpaired) electrons. The minimum atomic E-state index is 0.983. The maximum absolute atomic E-state index is 5.43. The molecule has 0 unspecified atom stereocenters. The molecule has 0 spiro atoms. The van der Waals surface area contributed by atoms with Gasteiger partial charge in [-0.15, -0.1) is 0 Å². The van der Waals surface area contributed by atoms with Crippen molar-refractivity contribution in [2.75, 3.05) is 33.8 Å². The van der Waals surface area contributed by atoms with Crippen molar-refractivity contribution in [1.82, 2.24) is 10.2 Å². The normalized spacial score (nSPS) is 11.0. The first-order chi connectivity index (χ1) is 9.81. The Morgan fingerprint density at radius 2 is 1.85 bits per heavy atom. The Balaban J connectivity index is 2.31. The molecule has 0 aliphatic carbocycles. The first-order valence-corrected chi connectivity index (χ1v) is 7.80. The quantitative estimate of drug-likeness (QED) is 0.629. The van der Waals surface area contributed by atoms with Gasteiger partial charge in [0.1, 0.15) is 5.75 Å². The minimum Gasteiger partial charge on any atom is -0.496 e. The molecule has 0 saturated carbocycles. The fourth-order valence-electron chi connectivity index (χ4n) is 2.41. The number of rotatable bonds is 11. The topological polar surface area (TPSA) is 24.5 Å². The summed E-state index contributed by atoms with van der Waals surface area (Å²) in [5.74, 6) is 1.000. The molecule has 0 aliphatic rings. The van der Waals surface area contributed by atoms with E-state index < -0.39 is 0 Å². The van der Waals surface area contributed by atoms with Crippen molar-refractivity contribution in [2.45, 2.75) is 39.2 Å². The van der Waals surface area contributed by atoms with Crippen molar-refractivity contribution in [3.8, 4) is 5.75 Å². The number of unbranched alkanes of at least 4 members (excludes halogenated alkanes) is 3. The summed E-state index contributed by atoms with van der Waals surface area (Å²) in [6.07, 6.45) is 5.22. The van der Waals surface area contributed by atoms with Crippen LogP contribution >= 0.6 is 0 Å². The molecule has 0 bridgehead atoms. The standard InChI is InChI=1S/C17H30N2O/c1-4-19(14-10-6-5-9-13-18-2)15-16-11-7-8-12-17(16)20-3/h7-8,11-12,18H,4-6,9-10,13-15H2,1-3H3. The Bertz CT molecular complexity index is 355. The number of hydrogen-bond acceptors (Lipinski definition) is 3. The van der Waals surface area contributed by atoms with Crippen LogP contribution in [0.3, 0.4) is 0 Å². The van der Waals surface area contributed by atoms with Gasteiger partial charge in [0.2, 0.25) is 0 Å². The molecule has 0 aromatic heterocycles. The van der Waals surface area contributed by atoms with E-state index in [-0.39, 0.29) is 0 Å². The van der Waals surface area contributed by atoms with E-state index in [1.54, 1.807) is 7.11 Å². The number of nitrogens with zero attached hydrogens (tertiary/aromatic N) is 1. The molecule has 0 fully saturated rings. The number of para-hydroxylation sites is 1. The molecule has 0 amide bonds. The average Bonchev–Trinajstić information content (AvgIpc) is 2.50. The van der Waals surface area contributed by atoms with Gasteiger partial charge in [0.25, 0.3) is 0 Å². The van der Waals surface area contributed by atoms with Crippen LogP contribution in [0.5, 0.6) is 5.75 Å². The molecular formula is C17H30N2O. The molecule has 1 N–H and O–H groups in total. The molecule has 114 valence electrons. The summed E-state index contributed by atoms with van der Waals surface area (Å²) in [4.78, 5) is 2.50. The number of benzene rings is 1. The maximum atomic E-state index is 5.43. The third kappa shape index (κ3) is 6.40. The van der Waals surface area contributed by atoms with Gasteiger partial charge in [0.05, 0.1) is 7.11 Å². The summed E-state index contributed by atoms with van der Waals surface area (Å²) in [6.45, 7) is 6.62. The summed E-state index contributed by atoms with van der Waals surface area (Å²) < 4.78 is 5.43. The van der Waals surface area contributed by atoms with Crippen LogP contribution in [0.4, 0.5) is 0 Å². The van der Waals surface area contributed by atoms with E-state index >= 15 is 0 Å². The van der Waals surface area contributed by atoms with E-state index in [0.717, 1.165) is 25.4 Å². The van der Waals surface area contributed by atoms with Crippen LogP contribution in [-0.2, 0) is 6.54 Å². The fourth-order valence-corrected chi connectivity index (χ4v) is 2.41. The second-order valence-corrected chi connectivity index (χ2v) is 5.20. The van der Waals surface area contributed by atoms with Crippen molar-refractivity contribution >= 4 is 0 Å². The van der Waals surface area contributed by atoms with E-state index in [4.69, 9.17) is 4.74 Å². The molecule has 0 aliphatic heterocycles. The highest BCUT2D eigenvalue weighted by Gasteiger charge is 2.07. The van der Waals surface area contributed by atoms with Gasteiger partial charge in [0.15, 0.2) is 0 Å². The predicted octanol–water partition coefficient (Wildman–Crippen LogP) is 3.30. The Hall–Kier alpha value is -1.06. The van der Waals surface area contributed by atoms with Gasteiger partial charge in [-0.3, -0.25) is 4.90 Å². The van der Waals surface area contributed by atoms with Crippen LogP contribution < -0.4 is 10.1 Å². The SMILES string of the molecule is CCN(CCCCCCNC)Cc1ccccc1OC. The number of hydrogen-bond donors (Lipinski definition) is 1. The van der Waals surface area contributed by atoms with Crippen molar-refractivity contribution in [2.24, 2.45) is 0 Å². The van der Waals surface area contributed by atoms with E-state index in [1.807, 2.05) is 19.2 Å². The third-order valence-corrected chi connectivity index (χ3v) is 3.68. The lowest BCUT2D eigenvalue weighted by molar-refractivity contribution is 0.267. The molecule has 3 heteroatoms. The van der Waals surface area contributed by atoms with Crippen LogP contribution in [0.15, 0.2) is 24.3 Å². The Kier molecular flexibility index (Phi) is 9.09. The van der Waals surface area contributed by atoms with Gasteiger partial charge in [-0.25, -0.2) is 0 Å². The average molecular weight is 278 g/mol. The van der Waals surface area contributed by atoms with Gasteiger partial charge in [-0.2, -0.15) is 0 Å². The molecule has 3 nitrogen and oxygen atoms in total. The Morgan fingerprint density at radius 1 is 1.10 bits per heavy atom. The van der Waals surface area contributed by atoms with Gasteiger partial charge in [-0.05, 0) is 45.6 Å². The molecular weight excluding hydrogens is 248 g/mol. The third-order valence-electron chi connectivity index (χ3n) is 3.68. The van der Waals surface area contributed by atoms with Crippen molar-refractivity contribution in [3.05, 3.63) is 29.8 Å². The fraction of sp³-hybridized carbons (Fsp3) is 0.647. The largest absolute Gasteiger partial charge is 0.496 e. The summed E-state index contributed by atoms with van der Waals surface area (Å²) in [6, 6.07) is 8.32. The van der Waals surface area contributed by atoms with Gasteiger partial charge < -0.3 is 10.1 Å². The molecule has 1 aromatic rings. The molecule has 1 aromatic carbocycles. The summed E-state index contributed by atoms with van der Waals surface area (Å²) >= 11 is 0. The second kappa shape index (κ2) is 10.7. The second-order valence-electron chi connectivity index (χ2n) is 5.20. The van der Waals surface area contributed by atoms with E-state index in [9.17, 15) is 0 Å². The maximum Gasteiger partial charge on any atom is 0.123 e. The highest BCUT2D eigenvalue weighted by atomic mass is 16.5. The first kappa shape index (κ1) is 17.0. The summed E-state index contributed by atoms with van der Waals surface area (Å²) in [7, 11) is 3.77. The van der Waals surface area contributed by atoms with Crippen molar-refractivity contribution < 1.29 is 4.74 Å². The highest BCUT2D eigenvalue weighted by molar-refractivity contribution is 5.33. The zero-order valence-electron chi connectivity index (χ0n) is 13.3. The molecule has 0 atom stereocenters. The monoisotopic (exact) mass is 278 g/mol. The lowest BCUT2D eigenvalue weighted by Crippen LogP contribution is -2.24. The smallest absolute Gasteiger partial charge is 0.123 e. The van der Waals surface area contributed by atoms with Gasteiger partial charge >= 0.3 is 0 Å². The lowest BCUT2D eigenvalue weighted by Gasteiger charge is -2.21. The van der Waals surface area contributed by atoms with Crippen LogP contribution in [0.1, 0.15) is 38.2 Å². The number of ether oxygens (including phenoxy) is 1. The zero-order chi connectivity index (χ0) is 14.6. The predicted molar refractivity (Wildman–Crippen MR) is 86.3 cm³/mol. The highest BCUT2D eigenvalue weighted by Crippen LogP contribution is 2.19. The van der Waals surface area contributed by atoms with E-state index in [0.29, 0.717) is 0 Å². The van der Waals surface area contributed by atoms with Crippen molar-refractivity contribution in [3.63, 3.8) is 0 Å². The molecule has 0 heterocycles. The van der Waals surface area contributed by atoms with E-state index in [2.05, 4.69) is 29.3 Å². The first-order valence-electron chi connectivity index (χ1n) is 7.80. The lowest BCUT2D eigenvalue weighted by atomic mass is 10.1. The number of nitrogens with one attached hydrogen (secondary N) is 1. The minimum absolute atomic E-state index is 0.983. The van der Waals surface area contributed by atoms with Crippen molar-refractivity contribution in [1.29, 1.82) is 0 Å². The zero-order valence-corrected chi connectivity index (χ0v) is 13.3. The van der Waals surface area contributed by atoms with Gasteiger partial charge in [0, 0.05) is 12.1 Å². The van der Waals surface area contributed by atoms with Gasteiger partial charge in [-0.1, -0.05) is 38.0 Å². The molecule has 20 heavy (non-hydrogen) atoms. The van der Waals surface area contributed by atoms with Crippen LogP contribution in [-0.4, -0.2) is 38.7 Å². The van der Waals surface area contributed by atoms with Crippen LogP contribution in [0, 0.1) is 0 Å². The Morgan fingerprint density at radius 3 is 2.55 bits per heavy atom. The van der Waals surface area contributed by atoms with Crippen LogP contribution in [0.2, 0.25) is 0 Å². The summed E-state index contributed by atoms with van der Waals surface area (Å²) in [5.41, 5.74) is 1.28.